The van der Waals surface area contributed by atoms with Crippen molar-refractivity contribution in [1.29, 1.82) is 0 Å². The van der Waals surface area contributed by atoms with Crippen LogP contribution in [0.4, 0.5) is 0 Å². The first-order valence-electron chi connectivity index (χ1n) is 8.55. The first-order valence-corrected chi connectivity index (χ1v) is 13.4. The van der Waals surface area contributed by atoms with Crippen LogP contribution in [-0.2, 0) is 19.2 Å². The van der Waals surface area contributed by atoms with Gasteiger partial charge in [0.2, 0.25) is 0 Å². The second-order valence-electron chi connectivity index (χ2n) is 6.65. The van der Waals surface area contributed by atoms with Crippen LogP contribution >= 0.6 is 0 Å². The van der Waals surface area contributed by atoms with E-state index < -0.39 is 0 Å². The average Bonchev–Trinajstić information content (AvgIpc) is 3.16. The topological polar surface area (TPSA) is 0 Å². The third kappa shape index (κ3) is 8.72. The van der Waals surface area contributed by atoms with Crippen molar-refractivity contribution in [3.05, 3.63) is 61.4 Å². The van der Waals surface area contributed by atoms with Gasteiger partial charge in [-0.2, -0.15) is 12.8 Å². The van der Waals surface area contributed by atoms with Gasteiger partial charge in [-0.25, -0.2) is 0 Å². The van der Waals surface area contributed by atoms with Crippen LogP contribution in [0.2, 0.25) is 13.1 Å². The van der Waals surface area contributed by atoms with E-state index >= 15 is 0 Å². The quantitative estimate of drug-likeness (QED) is 0.369. The largest absolute Gasteiger partial charge is 1.00 e. The van der Waals surface area contributed by atoms with E-state index in [0.29, 0.717) is 0 Å². The van der Waals surface area contributed by atoms with Gasteiger partial charge in [-0.15, -0.1) is 24.0 Å². The number of hydrogen-bond acceptors (Lipinski definition) is 0. The molecule has 4 atom stereocenters. The predicted molar refractivity (Wildman–Crippen MR) is 95.1 cm³/mol. The van der Waals surface area contributed by atoms with Crippen molar-refractivity contribution in [2.45, 2.75) is 38.8 Å². The maximum Gasteiger partial charge on any atom is -1.00 e. The second-order valence-corrected chi connectivity index (χ2v) is 13.3. The Morgan fingerprint density at radius 1 is 0.750 bits per heavy atom. The molecule has 0 nitrogen and oxygen atoms in total. The summed E-state index contributed by atoms with van der Waals surface area (Å²) in [6, 6.07) is 0. The molecule has 4 aliphatic carbocycles. The Morgan fingerprint density at radius 3 is 1.42 bits per heavy atom. The summed E-state index contributed by atoms with van der Waals surface area (Å²) < 4.78 is 0. The smallest absolute Gasteiger partial charge is 1.00 e. The second kappa shape index (κ2) is 13.6. The zero-order valence-electron chi connectivity index (χ0n) is 14.7. The minimum Gasteiger partial charge on any atom is -1.00 e. The molecule has 24 heavy (non-hydrogen) atoms. The Morgan fingerprint density at radius 2 is 1.08 bits per heavy atom. The normalized spacial score (nSPS) is 30.5. The Bertz CT molecular complexity index is 404. The van der Waals surface area contributed by atoms with Crippen LogP contribution in [0.15, 0.2) is 48.6 Å². The first-order chi connectivity index (χ1) is 10.7. The molecule has 2 fully saturated rings. The fourth-order valence-corrected chi connectivity index (χ4v) is 3.39. The zero-order valence-corrected chi connectivity index (χ0v) is 18.7. The van der Waals surface area contributed by atoms with E-state index in [-0.39, 0.29) is 31.0 Å². The molecule has 0 bridgehead atoms. The van der Waals surface area contributed by atoms with Gasteiger partial charge in [0.1, 0.15) is 0 Å². The Kier molecular flexibility index (Phi) is 13.9. The molecule has 4 rings (SSSR count). The van der Waals surface area contributed by atoms with E-state index in [4.69, 9.17) is 0 Å². The van der Waals surface area contributed by atoms with Crippen LogP contribution in [0.25, 0.3) is 0 Å². The fourth-order valence-electron chi connectivity index (χ4n) is 3.39. The van der Waals surface area contributed by atoms with Crippen molar-refractivity contribution in [1.82, 2.24) is 0 Å². The van der Waals surface area contributed by atoms with Gasteiger partial charge in [-0.3, -0.25) is 0 Å². The number of allylic oxidation sites excluding steroid dienone is 8. The van der Waals surface area contributed by atoms with Crippen molar-refractivity contribution in [2.24, 2.45) is 23.7 Å². The summed E-state index contributed by atoms with van der Waals surface area (Å²) in [6.07, 6.45) is 28.2. The zero-order chi connectivity index (χ0) is 15.8. The van der Waals surface area contributed by atoms with Gasteiger partial charge in [0.05, 0.1) is 0 Å². The van der Waals surface area contributed by atoms with E-state index in [1.54, 1.807) is 0 Å². The van der Waals surface area contributed by atoms with Crippen LogP contribution in [0.5, 0.6) is 0 Å². The van der Waals surface area contributed by atoms with E-state index in [2.05, 4.69) is 93.7 Å². The molecule has 4 unspecified atom stereocenters. The molecule has 0 aromatic heterocycles. The summed E-state index contributed by atoms with van der Waals surface area (Å²) in [6.45, 7) is 4.54. The van der Waals surface area contributed by atoms with Gasteiger partial charge in [0.15, 0.2) is 0 Å². The summed E-state index contributed by atoms with van der Waals surface area (Å²) in [4.78, 5) is 0. The minimum atomic E-state index is 0. The molecule has 0 radical (unpaired) electrons. The monoisotopic (exact) mass is 414 g/mol. The molecule has 0 saturated heterocycles. The van der Waals surface area contributed by atoms with Crippen LogP contribution in [-0.4, -0.2) is 6.19 Å². The molecular formula is C20H28Cl2SiTi-2. The van der Waals surface area contributed by atoms with Crippen LogP contribution in [0, 0.1) is 36.5 Å². The Labute approximate surface area is 173 Å². The van der Waals surface area contributed by atoms with Crippen LogP contribution in [0.3, 0.4) is 0 Å². The molecule has 4 heteroatoms. The van der Waals surface area contributed by atoms with Gasteiger partial charge in [-0.1, -0.05) is 49.3 Å². The summed E-state index contributed by atoms with van der Waals surface area (Å²) in [7, 11) is 0. The van der Waals surface area contributed by atoms with Gasteiger partial charge >= 0.3 is 38.5 Å². The van der Waals surface area contributed by atoms with E-state index in [0.717, 1.165) is 23.7 Å². The minimum absolute atomic E-state index is 0. The third-order valence-corrected chi connectivity index (χ3v) is 4.47. The van der Waals surface area contributed by atoms with Gasteiger partial charge in [0, 0.05) is 0 Å². The molecule has 132 valence electrons. The molecule has 4 aliphatic rings. The van der Waals surface area contributed by atoms with E-state index in [1.807, 2.05) is 0 Å². The fraction of sp³-hybridized carbons (Fsp3) is 0.500. The molecule has 0 N–H and O–H groups in total. The van der Waals surface area contributed by atoms with Gasteiger partial charge in [-0.05, 0) is 11.8 Å². The van der Waals surface area contributed by atoms with Crippen molar-refractivity contribution >= 4 is 6.19 Å². The molecule has 0 aliphatic heterocycles. The molecule has 0 heterocycles. The number of hydrogen-bond donors (Lipinski definition) is 0. The number of halogens is 2. The molecule has 0 amide bonds. The number of rotatable bonds is 0. The van der Waals surface area contributed by atoms with E-state index in [9.17, 15) is 0 Å². The molecule has 0 aromatic carbocycles. The van der Waals surface area contributed by atoms with Crippen molar-refractivity contribution < 1.29 is 44.0 Å². The molecule has 0 spiro atoms. The Hall–Kier alpha value is 0.471. The molecule has 2 saturated carbocycles. The van der Waals surface area contributed by atoms with Crippen LogP contribution < -0.4 is 24.8 Å². The molecular weight excluding hydrogens is 387 g/mol. The maximum absolute atomic E-state index is 2.42. The SMILES string of the molecule is C1=CC2[CH-]CCC2C=C1.C1=CC2[CH-]CCC2C=C1.C[Si](C)=[Ti+2].[Cl-].[Cl-]. The van der Waals surface area contributed by atoms with E-state index in [1.165, 1.54) is 25.7 Å². The number of fused-ring (bicyclic) bond motifs is 2. The molecule has 0 aromatic rings. The van der Waals surface area contributed by atoms with Crippen molar-refractivity contribution in [2.75, 3.05) is 0 Å². The summed E-state index contributed by atoms with van der Waals surface area (Å²) >= 11 is 2.27. The summed E-state index contributed by atoms with van der Waals surface area (Å²) in [5, 5.41) is 0. The van der Waals surface area contributed by atoms with Crippen LogP contribution in [0.1, 0.15) is 25.7 Å². The average molecular weight is 415 g/mol. The summed E-state index contributed by atoms with van der Waals surface area (Å²) in [5.74, 6) is 3.23. The Balaban J connectivity index is 0.000000341. The third-order valence-electron chi connectivity index (χ3n) is 4.47. The van der Waals surface area contributed by atoms with Crippen molar-refractivity contribution in [3.63, 3.8) is 0 Å². The predicted octanol–water partition coefficient (Wildman–Crippen LogP) is -0.522. The summed E-state index contributed by atoms with van der Waals surface area (Å²) in [5.41, 5.74) is 0. The standard InChI is InChI=1S/2C9H11.C2H6Si.2ClH.Ti/c2*1-2-5-9-7-3-6-8(9)4-1;1-3-2;;;/h2*1-2,4-6,8-9H,3,7H2;1-2H3;2*1H;/q2*-1;;;;+2/p-2. The maximum atomic E-state index is 2.42. The van der Waals surface area contributed by atoms with Gasteiger partial charge < -0.3 is 37.7 Å². The van der Waals surface area contributed by atoms with Crippen molar-refractivity contribution in [3.8, 4) is 0 Å². The van der Waals surface area contributed by atoms with Gasteiger partial charge in [0.25, 0.3) is 0 Å². The first kappa shape index (κ1) is 24.5.